The Balaban J connectivity index is 1.50. The van der Waals surface area contributed by atoms with E-state index in [2.05, 4.69) is 5.32 Å². The Kier molecular flexibility index (Phi) is 4.48. The number of rotatable bonds is 4. The first-order valence-corrected chi connectivity index (χ1v) is 9.79. The van der Waals surface area contributed by atoms with Crippen LogP contribution in [0.4, 0.5) is 4.79 Å². The molecule has 0 aromatic heterocycles. The number of sulfone groups is 1. The minimum atomic E-state index is -2.96. The number of carbonyl (C=O) groups excluding carboxylic acids is 1. The van der Waals surface area contributed by atoms with Gasteiger partial charge in [-0.25, -0.2) is 13.2 Å². The van der Waals surface area contributed by atoms with Crippen LogP contribution >= 0.6 is 0 Å². The van der Waals surface area contributed by atoms with Crippen molar-refractivity contribution in [3.8, 4) is 5.75 Å². The van der Waals surface area contributed by atoms with E-state index < -0.39 is 9.84 Å². The van der Waals surface area contributed by atoms with E-state index in [1.165, 1.54) is 5.56 Å². The molecule has 6 nitrogen and oxygen atoms in total. The highest BCUT2D eigenvalue weighted by Gasteiger charge is 2.40. The van der Waals surface area contributed by atoms with Crippen LogP contribution in [0.1, 0.15) is 24.8 Å². The van der Waals surface area contributed by atoms with Crippen molar-refractivity contribution in [2.75, 3.05) is 31.2 Å². The van der Waals surface area contributed by atoms with Crippen molar-refractivity contribution in [2.45, 2.75) is 25.3 Å². The van der Waals surface area contributed by atoms with Crippen LogP contribution in [-0.2, 0) is 9.84 Å². The summed E-state index contributed by atoms with van der Waals surface area (Å²) < 4.78 is 28.2. The van der Waals surface area contributed by atoms with Crippen molar-refractivity contribution in [2.24, 2.45) is 0 Å². The summed E-state index contributed by atoms with van der Waals surface area (Å²) in [6.45, 7) is 3.17. The van der Waals surface area contributed by atoms with Gasteiger partial charge >= 0.3 is 6.03 Å². The Morgan fingerprint density at radius 2 is 1.91 bits per heavy atom. The molecule has 2 atom stereocenters. The van der Waals surface area contributed by atoms with E-state index in [-0.39, 0.29) is 36.7 Å². The minimum Gasteiger partial charge on any atom is -0.494 e. The summed E-state index contributed by atoms with van der Waals surface area (Å²) in [6.07, 6.45) is 0.922. The van der Waals surface area contributed by atoms with Crippen LogP contribution in [0.15, 0.2) is 24.3 Å². The predicted octanol–water partition coefficient (Wildman–Crippen LogP) is 1.38. The molecule has 7 heteroatoms. The fraction of sp³-hybridized carbons (Fsp3) is 0.562. The van der Waals surface area contributed by atoms with Gasteiger partial charge in [-0.15, -0.1) is 0 Å². The van der Waals surface area contributed by atoms with Gasteiger partial charge in [0.05, 0.1) is 18.1 Å². The summed E-state index contributed by atoms with van der Waals surface area (Å²) in [5.74, 6) is 1.32. The summed E-state index contributed by atoms with van der Waals surface area (Å²) in [7, 11) is -2.96. The van der Waals surface area contributed by atoms with Crippen molar-refractivity contribution in [3.05, 3.63) is 29.8 Å². The zero-order valence-corrected chi connectivity index (χ0v) is 14.0. The normalized spacial score (nSPS) is 25.7. The SMILES string of the molecule is CCOc1ccc([C@@H]2C[C@H]2NC(=O)N2CCS(=O)(=O)CC2)cc1. The van der Waals surface area contributed by atoms with Crippen LogP contribution < -0.4 is 10.1 Å². The Morgan fingerprint density at radius 1 is 1.26 bits per heavy atom. The van der Waals surface area contributed by atoms with Crippen molar-refractivity contribution in [3.63, 3.8) is 0 Å². The van der Waals surface area contributed by atoms with Gasteiger partial charge in [0.25, 0.3) is 0 Å². The van der Waals surface area contributed by atoms with E-state index in [1.807, 2.05) is 31.2 Å². The molecule has 1 N–H and O–H groups in total. The Morgan fingerprint density at radius 3 is 2.52 bits per heavy atom. The fourth-order valence-corrected chi connectivity index (χ4v) is 4.07. The highest BCUT2D eigenvalue weighted by molar-refractivity contribution is 7.91. The third-order valence-electron chi connectivity index (χ3n) is 4.35. The second-order valence-electron chi connectivity index (χ2n) is 6.04. The monoisotopic (exact) mass is 338 g/mol. The Labute approximate surface area is 136 Å². The molecule has 1 aromatic rings. The number of amides is 2. The van der Waals surface area contributed by atoms with E-state index >= 15 is 0 Å². The van der Waals surface area contributed by atoms with Gasteiger partial charge in [-0.3, -0.25) is 0 Å². The fourth-order valence-electron chi connectivity index (χ4n) is 2.87. The lowest BCUT2D eigenvalue weighted by Crippen LogP contribution is -2.48. The minimum absolute atomic E-state index is 0.0629. The molecule has 1 aliphatic carbocycles. The average Bonchev–Trinajstić information content (AvgIpc) is 3.27. The van der Waals surface area contributed by atoms with Crippen molar-refractivity contribution >= 4 is 15.9 Å². The molecule has 2 aliphatic rings. The van der Waals surface area contributed by atoms with E-state index in [1.54, 1.807) is 4.90 Å². The van der Waals surface area contributed by atoms with Crippen molar-refractivity contribution in [1.82, 2.24) is 10.2 Å². The number of hydrogen-bond donors (Lipinski definition) is 1. The smallest absolute Gasteiger partial charge is 0.317 e. The zero-order chi connectivity index (χ0) is 16.4. The van der Waals surface area contributed by atoms with Crippen LogP contribution in [0.2, 0.25) is 0 Å². The lowest BCUT2D eigenvalue weighted by atomic mass is 10.1. The van der Waals surface area contributed by atoms with Crippen LogP contribution in [-0.4, -0.2) is 56.6 Å². The molecule has 0 unspecified atom stereocenters. The lowest BCUT2D eigenvalue weighted by molar-refractivity contribution is 0.201. The Bertz CT molecular complexity index is 658. The van der Waals surface area contributed by atoms with E-state index in [9.17, 15) is 13.2 Å². The molecule has 23 heavy (non-hydrogen) atoms. The maximum atomic E-state index is 12.2. The van der Waals surface area contributed by atoms with E-state index in [4.69, 9.17) is 4.74 Å². The number of hydrogen-bond acceptors (Lipinski definition) is 4. The predicted molar refractivity (Wildman–Crippen MR) is 87.5 cm³/mol. The van der Waals surface area contributed by atoms with Crippen LogP contribution in [0, 0.1) is 0 Å². The van der Waals surface area contributed by atoms with Gasteiger partial charge in [-0.1, -0.05) is 12.1 Å². The van der Waals surface area contributed by atoms with Gasteiger partial charge in [0.15, 0.2) is 9.84 Å². The van der Waals surface area contributed by atoms with Gasteiger partial charge in [0.1, 0.15) is 5.75 Å². The summed E-state index contributed by atoms with van der Waals surface area (Å²) in [5.41, 5.74) is 1.19. The zero-order valence-electron chi connectivity index (χ0n) is 13.2. The summed E-state index contributed by atoms with van der Waals surface area (Å²) in [5, 5.41) is 3.00. The maximum absolute atomic E-state index is 12.2. The largest absolute Gasteiger partial charge is 0.494 e. The summed E-state index contributed by atoms with van der Waals surface area (Å²) in [4.78, 5) is 13.8. The molecule has 0 spiro atoms. The highest BCUT2D eigenvalue weighted by Crippen LogP contribution is 2.41. The van der Waals surface area contributed by atoms with Crippen molar-refractivity contribution < 1.29 is 17.9 Å². The van der Waals surface area contributed by atoms with E-state index in [0.29, 0.717) is 12.5 Å². The first-order chi connectivity index (χ1) is 11.0. The summed E-state index contributed by atoms with van der Waals surface area (Å²) >= 11 is 0. The number of nitrogens with zero attached hydrogens (tertiary/aromatic N) is 1. The molecule has 1 saturated heterocycles. The van der Waals surface area contributed by atoms with Gasteiger partial charge in [-0.2, -0.15) is 0 Å². The lowest BCUT2D eigenvalue weighted by Gasteiger charge is -2.26. The second-order valence-corrected chi connectivity index (χ2v) is 8.34. The quantitative estimate of drug-likeness (QED) is 0.900. The molecule has 126 valence electrons. The first-order valence-electron chi connectivity index (χ1n) is 7.97. The topological polar surface area (TPSA) is 75.7 Å². The van der Waals surface area contributed by atoms with Crippen molar-refractivity contribution in [1.29, 1.82) is 0 Å². The molecular weight excluding hydrogens is 316 g/mol. The average molecular weight is 338 g/mol. The van der Waals surface area contributed by atoms with Crippen LogP contribution in [0.3, 0.4) is 0 Å². The molecule has 2 amide bonds. The number of carbonyl (C=O) groups is 1. The molecule has 2 fully saturated rings. The number of benzene rings is 1. The summed E-state index contributed by atoms with van der Waals surface area (Å²) in [6, 6.07) is 7.96. The maximum Gasteiger partial charge on any atom is 0.317 e. The molecule has 1 saturated carbocycles. The van der Waals surface area contributed by atoms with E-state index in [0.717, 1.165) is 12.2 Å². The first kappa shape index (κ1) is 16.1. The molecule has 3 rings (SSSR count). The third kappa shape index (κ3) is 3.96. The van der Waals surface area contributed by atoms with Gasteiger partial charge in [0, 0.05) is 25.0 Å². The second kappa shape index (κ2) is 6.39. The molecule has 0 radical (unpaired) electrons. The Hall–Kier alpha value is -1.76. The number of nitrogens with one attached hydrogen (secondary N) is 1. The van der Waals surface area contributed by atoms with Gasteiger partial charge in [0.2, 0.25) is 0 Å². The number of ether oxygens (including phenoxy) is 1. The van der Waals surface area contributed by atoms with Crippen LogP contribution in [0.25, 0.3) is 0 Å². The van der Waals surface area contributed by atoms with Gasteiger partial charge < -0.3 is 15.0 Å². The molecule has 0 bridgehead atoms. The standard InChI is InChI=1S/C16H22N2O4S/c1-2-22-13-5-3-12(4-6-13)14-11-15(14)17-16(19)18-7-9-23(20,21)10-8-18/h3-6,14-15H,2,7-11H2,1H3,(H,17,19)/t14-,15+/m0/s1. The molecule has 1 aromatic carbocycles. The van der Waals surface area contributed by atoms with Crippen LogP contribution in [0.5, 0.6) is 5.75 Å². The molecule has 1 aliphatic heterocycles. The number of urea groups is 1. The third-order valence-corrected chi connectivity index (χ3v) is 5.96. The molecular formula is C16H22N2O4S. The molecule has 1 heterocycles. The van der Waals surface area contributed by atoms with Gasteiger partial charge in [-0.05, 0) is 31.0 Å². The highest BCUT2D eigenvalue weighted by atomic mass is 32.2.